The second-order valence-electron chi connectivity index (χ2n) is 9.54. The van der Waals surface area contributed by atoms with Crippen LogP contribution >= 0.6 is 0 Å². The molecular weight excluding hydrogens is 418 g/mol. The van der Waals surface area contributed by atoms with Crippen LogP contribution in [-0.2, 0) is 19.2 Å². The maximum atomic E-state index is 13.2. The lowest BCUT2D eigenvalue weighted by Crippen LogP contribution is -2.48. The van der Waals surface area contributed by atoms with E-state index in [4.69, 9.17) is 9.57 Å². The van der Waals surface area contributed by atoms with Crippen LogP contribution in [0, 0.1) is 23.7 Å². The van der Waals surface area contributed by atoms with Gasteiger partial charge in [-0.1, -0.05) is 70.2 Å². The lowest BCUT2D eigenvalue weighted by Gasteiger charge is -2.28. The molecule has 2 rings (SSSR count). The van der Waals surface area contributed by atoms with E-state index in [1.54, 1.807) is 0 Å². The summed E-state index contributed by atoms with van der Waals surface area (Å²) in [4.78, 5) is 31.9. The van der Waals surface area contributed by atoms with E-state index < -0.39 is 18.1 Å². The Labute approximate surface area is 198 Å². The third-order valence-corrected chi connectivity index (χ3v) is 5.54. The predicted octanol–water partition coefficient (Wildman–Crippen LogP) is 4.22. The van der Waals surface area contributed by atoms with Crippen LogP contribution in [0.1, 0.15) is 65.4 Å². The molecule has 0 spiro atoms. The fourth-order valence-electron chi connectivity index (χ4n) is 3.77. The summed E-state index contributed by atoms with van der Waals surface area (Å²) in [6.07, 6.45) is 7.26. The van der Waals surface area contributed by atoms with Crippen molar-refractivity contribution in [1.29, 1.82) is 0 Å². The van der Waals surface area contributed by atoms with Crippen molar-refractivity contribution in [3.63, 3.8) is 0 Å². The SMILES string of the molecule is CC(C)CNNC(=O)[C@H](CC(C)C)[C@H](CC=Cc1ccccc1)C(=O)NOC1CCCCO1. The molecule has 2 amide bonds. The van der Waals surface area contributed by atoms with Gasteiger partial charge in [-0.3, -0.25) is 15.0 Å². The van der Waals surface area contributed by atoms with Crippen LogP contribution in [0.5, 0.6) is 0 Å². The van der Waals surface area contributed by atoms with E-state index in [9.17, 15) is 9.59 Å². The number of benzene rings is 1. The average molecular weight is 460 g/mol. The first kappa shape index (κ1) is 27.0. The van der Waals surface area contributed by atoms with Crippen LogP contribution in [0.2, 0.25) is 0 Å². The Balaban J connectivity index is 2.12. The first-order valence-corrected chi connectivity index (χ1v) is 12.2. The molecule has 1 unspecified atom stereocenters. The Morgan fingerprint density at radius 3 is 2.45 bits per heavy atom. The van der Waals surface area contributed by atoms with Crippen LogP contribution < -0.4 is 16.3 Å². The molecule has 1 aromatic rings. The highest BCUT2D eigenvalue weighted by Gasteiger charge is 2.34. The lowest BCUT2D eigenvalue weighted by atomic mass is 9.82. The molecule has 1 aliphatic rings. The number of hydroxylamine groups is 1. The van der Waals surface area contributed by atoms with Gasteiger partial charge in [-0.05, 0) is 43.1 Å². The number of hydrogen-bond acceptors (Lipinski definition) is 5. The number of amides is 2. The molecule has 1 fully saturated rings. The van der Waals surface area contributed by atoms with Gasteiger partial charge < -0.3 is 4.74 Å². The summed E-state index contributed by atoms with van der Waals surface area (Å²) in [5.41, 5.74) is 9.44. The van der Waals surface area contributed by atoms with E-state index in [-0.39, 0.29) is 17.7 Å². The van der Waals surface area contributed by atoms with Crippen LogP contribution in [0.4, 0.5) is 0 Å². The van der Waals surface area contributed by atoms with Gasteiger partial charge in [0.15, 0.2) is 6.29 Å². The van der Waals surface area contributed by atoms with Gasteiger partial charge >= 0.3 is 0 Å². The Morgan fingerprint density at radius 1 is 1.06 bits per heavy atom. The molecule has 0 saturated carbocycles. The van der Waals surface area contributed by atoms with Crippen LogP contribution in [-0.4, -0.2) is 31.3 Å². The highest BCUT2D eigenvalue weighted by molar-refractivity contribution is 5.87. The van der Waals surface area contributed by atoms with Crippen molar-refractivity contribution in [2.24, 2.45) is 23.7 Å². The van der Waals surface area contributed by atoms with Crippen LogP contribution in [0.25, 0.3) is 6.08 Å². The van der Waals surface area contributed by atoms with E-state index in [1.807, 2.05) is 42.5 Å². The molecule has 0 aliphatic carbocycles. The third kappa shape index (κ3) is 10.5. The molecule has 33 heavy (non-hydrogen) atoms. The summed E-state index contributed by atoms with van der Waals surface area (Å²) in [7, 11) is 0. The average Bonchev–Trinajstić information content (AvgIpc) is 2.80. The Bertz CT molecular complexity index is 730. The summed E-state index contributed by atoms with van der Waals surface area (Å²) < 4.78 is 5.55. The maximum Gasteiger partial charge on any atom is 0.247 e. The van der Waals surface area contributed by atoms with Crippen molar-refractivity contribution >= 4 is 17.9 Å². The molecule has 0 radical (unpaired) electrons. The van der Waals surface area contributed by atoms with E-state index in [1.165, 1.54) is 0 Å². The van der Waals surface area contributed by atoms with E-state index in [0.29, 0.717) is 31.9 Å². The molecule has 7 nitrogen and oxygen atoms in total. The topological polar surface area (TPSA) is 88.7 Å². The molecule has 1 saturated heterocycles. The maximum absolute atomic E-state index is 13.2. The van der Waals surface area contributed by atoms with Gasteiger partial charge in [-0.15, -0.1) is 0 Å². The largest absolute Gasteiger partial charge is 0.350 e. The molecule has 3 atom stereocenters. The van der Waals surface area contributed by atoms with Crippen molar-refractivity contribution in [2.45, 2.75) is 66.1 Å². The zero-order valence-electron chi connectivity index (χ0n) is 20.5. The highest BCUT2D eigenvalue weighted by Crippen LogP contribution is 2.26. The van der Waals surface area contributed by atoms with Gasteiger partial charge in [-0.2, -0.15) is 0 Å². The van der Waals surface area contributed by atoms with Gasteiger partial charge in [-0.25, -0.2) is 15.7 Å². The monoisotopic (exact) mass is 459 g/mol. The molecule has 0 bridgehead atoms. The number of hydrazine groups is 1. The van der Waals surface area contributed by atoms with Gasteiger partial charge in [0.25, 0.3) is 0 Å². The van der Waals surface area contributed by atoms with Gasteiger partial charge in [0.2, 0.25) is 11.8 Å². The predicted molar refractivity (Wildman–Crippen MR) is 130 cm³/mol. The Hall–Kier alpha value is -2.22. The fourth-order valence-corrected chi connectivity index (χ4v) is 3.77. The third-order valence-electron chi connectivity index (χ3n) is 5.54. The number of rotatable bonds is 13. The van der Waals surface area contributed by atoms with Crippen LogP contribution in [0.15, 0.2) is 36.4 Å². The normalized spacial score (nSPS) is 18.4. The Morgan fingerprint density at radius 2 is 1.82 bits per heavy atom. The zero-order valence-corrected chi connectivity index (χ0v) is 20.5. The summed E-state index contributed by atoms with van der Waals surface area (Å²) in [5, 5.41) is 0. The number of ether oxygens (including phenoxy) is 1. The van der Waals surface area contributed by atoms with Crippen molar-refractivity contribution in [1.82, 2.24) is 16.3 Å². The van der Waals surface area contributed by atoms with E-state index in [0.717, 1.165) is 24.8 Å². The summed E-state index contributed by atoms with van der Waals surface area (Å²) in [6.45, 7) is 9.54. The Kier molecular flexibility index (Phi) is 12.1. The minimum atomic E-state index is -0.572. The van der Waals surface area contributed by atoms with Crippen molar-refractivity contribution in [3.8, 4) is 0 Å². The van der Waals surface area contributed by atoms with Crippen LogP contribution in [0.3, 0.4) is 0 Å². The molecule has 184 valence electrons. The van der Waals surface area contributed by atoms with Crippen molar-refractivity contribution in [2.75, 3.05) is 13.2 Å². The minimum Gasteiger partial charge on any atom is -0.350 e. The van der Waals surface area contributed by atoms with Gasteiger partial charge in [0.05, 0.1) is 11.8 Å². The molecule has 3 N–H and O–H groups in total. The number of allylic oxidation sites excluding steroid dienone is 1. The molecular formula is C26H41N3O4. The molecule has 1 aromatic carbocycles. The first-order valence-electron chi connectivity index (χ1n) is 12.2. The summed E-state index contributed by atoms with van der Waals surface area (Å²) in [5.74, 6) is -0.900. The summed E-state index contributed by atoms with van der Waals surface area (Å²) in [6, 6.07) is 9.91. The minimum absolute atomic E-state index is 0.175. The standard InChI is InChI=1S/C26H41N3O4/c1-19(2)17-23(25(30)28-27-18-20(3)4)22(14-10-13-21-11-6-5-7-12-21)26(31)29-33-24-15-8-9-16-32-24/h5-7,10-13,19-20,22-24,27H,8-9,14-18H2,1-4H3,(H,28,30)(H,29,31)/t22-,23+,24?/m0/s1. The number of nitrogens with one attached hydrogen (secondary N) is 3. The van der Waals surface area contributed by atoms with E-state index >= 15 is 0 Å². The molecule has 7 heteroatoms. The van der Waals surface area contributed by atoms with Crippen molar-refractivity contribution in [3.05, 3.63) is 42.0 Å². The summed E-state index contributed by atoms with van der Waals surface area (Å²) >= 11 is 0. The highest BCUT2D eigenvalue weighted by atomic mass is 16.8. The smallest absolute Gasteiger partial charge is 0.247 e. The molecule has 1 heterocycles. The fraction of sp³-hybridized carbons (Fsp3) is 0.615. The number of carbonyl (C=O) groups is 2. The second kappa shape index (κ2) is 14.8. The van der Waals surface area contributed by atoms with Gasteiger partial charge in [0.1, 0.15) is 0 Å². The van der Waals surface area contributed by atoms with E-state index in [2.05, 4.69) is 44.0 Å². The second-order valence-corrected chi connectivity index (χ2v) is 9.54. The molecule has 0 aromatic heterocycles. The zero-order chi connectivity index (χ0) is 24.1. The quantitative estimate of drug-likeness (QED) is 0.384. The lowest BCUT2D eigenvalue weighted by molar-refractivity contribution is -0.203. The van der Waals surface area contributed by atoms with Gasteiger partial charge in [0, 0.05) is 19.6 Å². The number of carbonyl (C=O) groups excluding carboxylic acids is 2. The van der Waals surface area contributed by atoms with Crippen molar-refractivity contribution < 1.29 is 19.2 Å². The number of hydrogen-bond donors (Lipinski definition) is 3. The molecule has 1 aliphatic heterocycles. The first-order chi connectivity index (χ1) is 15.9.